The highest BCUT2D eigenvalue weighted by Crippen LogP contribution is 2.19. The fourth-order valence-corrected chi connectivity index (χ4v) is 2.17. The molecule has 0 atom stereocenters. The fraction of sp³-hybridized carbons (Fsp3) is 0.714. The van der Waals surface area contributed by atoms with Crippen LogP contribution in [-0.4, -0.2) is 42.1 Å². The van der Waals surface area contributed by atoms with E-state index in [1.807, 2.05) is 0 Å². The molecule has 1 aliphatic carbocycles. The van der Waals surface area contributed by atoms with Crippen LogP contribution in [-0.2, 0) is 4.79 Å². The van der Waals surface area contributed by atoms with Gasteiger partial charge >= 0.3 is 12.0 Å². The Labute approximate surface area is 114 Å². The number of urea groups is 1. The number of hydrogen-bond acceptors (Lipinski definition) is 2. The van der Waals surface area contributed by atoms with Crippen LogP contribution >= 0.6 is 0 Å². The van der Waals surface area contributed by atoms with Crippen LogP contribution < -0.4 is 5.32 Å². The van der Waals surface area contributed by atoms with E-state index in [1.54, 1.807) is 7.05 Å². The first-order valence-electron chi connectivity index (χ1n) is 6.98. The van der Waals surface area contributed by atoms with Crippen LogP contribution in [0.2, 0.25) is 0 Å². The summed E-state index contributed by atoms with van der Waals surface area (Å²) in [4.78, 5) is 23.6. The van der Waals surface area contributed by atoms with Crippen molar-refractivity contribution in [3.8, 4) is 0 Å². The molecule has 2 N–H and O–H groups in total. The number of nitrogens with zero attached hydrogens (tertiary/aromatic N) is 1. The summed E-state index contributed by atoms with van der Waals surface area (Å²) in [5.41, 5.74) is 1.44. The van der Waals surface area contributed by atoms with Gasteiger partial charge in [-0.2, -0.15) is 0 Å². The zero-order valence-electron chi connectivity index (χ0n) is 11.7. The van der Waals surface area contributed by atoms with Crippen LogP contribution in [0.1, 0.15) is 44.9 Å². The molecule has 108 valence electrons. The Hall–Kier alpha value is -1.52. The largest absolute Gasteiger partial charge is 0.481 e. The first-order valence-corrected chi connectivity index (χ1v) is 6.98. The second-order valence-electron chi connectivity index (χ2n) is 5.01. The molecule has 0 heterocycles. The fourth-order valence-electron chi connectivity index (χ4n) is 2.17. The van der Waals surface area contributed by atoms with Crippen LogP contribution in [0.15, 0.2) is 11.6 Å². The van der Waals surface area contributed by atoms with Crippen LogP contribution in [0.3, 0.4) is 0 Å². The second kappa shape index (κ2) is 8.56. The maximum Gasteiger partial charge on any atom is 0.317 e. The lowest BCUT2D eigenvalue weighted by Gasteiger charge is -2.18. The van der Waals surface area contributed by atoms with Crippen molar-refractivity contribution in [1.82, 2.24) is 10.2 Å². The lowest BCUT2D eigenvalue weighted by Crippen LogP contribution is -2.38. The third-order valence-corrected chi connectivity index (χ3v) is 3.34. The molecule has 5 heteroatoms. The van der Waals surface area contributed by atoms with Crippen molar-refractivity contribution >= 4 is 12.0 Å². The zero-order chi connectivity index (χ0) is 14.1. The van der Waals surface area contributed by atoms with Crippen molar-refractivity contribution in [3.05, 3.63) is 11.6 Å². The molecule has 0 aliphatic heterocycles. The monoisotopic (exact) mass is 268 g/mol. The summed E-state index contributed by atoms with van der Waals surface area (Å²) in [7, 11) is 1.69. The van der Waals surface area contributed by atoms with E-state index in [4.69, 9.17) is 5.11 Å². The third-order valence-electron chi connectivity index (χ3n) is 3.34. The average Bonchev–Trinajstić information content (AvgIpc) is 2.39. The first kappa shape index (κ1) is 15.5. The number of rotatable bonds is 7. The molecule has 0 saturated heterocycles. The van der Waals surface area contributed by atoms with E-state index in [-0.39, 0.29) is 12.5 Å². The number of hydrogen-bond donors (Lipinski definition) is 2. The summed E-state index contributed by atoms with van der Waals surface area (Å²) in [5.74, 6) is -0.821. The Kier molecular flexibility index (Phi) is 7.00. The molecule has 0 aromatic rings. The molecule has 1 aliphatic rings. The molecule has 0 bridgehead atoms. The highest BCUT2D eigenvalue weighted by atomic mass is 16.4. The van der Waals surface area contributed by atoms with E-state index in [2.05, 4.69) is 11.4 Å². The van der Waals surface area contributed by atoms with Gasteiger partial charge in [0.15, 0.2) is 0 Å². The van der Waals surface area contributed by atoms with Crippen LogP contribution in [0.5, 0.6) is 0 Å². The smallest absolute Gasteiger partial charge is 0.317 e. The zero-order valence-corrected chi connectivity index (χ0v) is 11.7. The quantitative estimate of drug-likeness (QED) is 0.696. The van der Waals surface area contributed by atoms with E-state index < -0.39 is 5.97 Å². The predicted octanol–water partition coefficient (Wildman–Crippen LogP) is 2.38. The molecule has 0 saturated carbocycles. The van der Waals surface area contributed by atoms with Gasteiger partial charge in [0.05, 0.1) is 0 Å². The Balaban J connectivity index is 2.12. The van der Waals surface area contributed by atoms with Crippen molar-refractivity contribution in [2.75, 3.05) is 20.1 Å². The Morgan fingerprint density at radius 2 is 2.21 bits per heavy atom. The van der Waals surface area contributed by atoms with Gasteiger partial charge in [-0.3, -0.25) is 4.79 Å². The number of carboxylic acids is 1. The topological polar surface area (TPSA) is 69.6 Å². The van der Waals surface area contributed by atoms with Gasteiger partial charge in [0.2, 0.25) is 0 Å². The SMILES string of the molecule is CN(CCCC(=O)O)C(=O)NCCC1=CCCCC1. The van der Waals surface area contributed by atoms with E-state index in [1.165, 1.54) is 29.7 Å². The van der Waals surface area contributed by atoms with Crippen molar-refractivity contribution in [1.29, 1.82) is 0 Å². The van der Waals surface area contributed by atoms with Crippen LogP contribution in [0.25, 0.3) is 0 Å². The molecule has 0 fully saturated rings. The molecule has 0 aromatic carbocycles. The molecule has 0 radical (unpaired) electrons. The van der Waals surface area contributed by atoms with E-state index in [9.17, 15) is 9.59 Å². The number of allylic oxidation sites excluding steroid dienone is 1. The summed E-state index contributed by atoms with van der Waals surface area (Å²) in [5, 5.41) is 11.4. The Morgan fingerprint density at radius 3 is 2.84 bits per heavy atom. The number of carbonyl (C=O) groups excluding carboxylic acids is 1. The summed E-state index contributed by atoms with van der Waals surface area (Å²) < 4.78 is 0. The molecule has 1 rings (SSSR count). The minimum Gasteiger partial charge on any atom is -0.481 e. The van der Waals surface area contributed by atoms with Crippen molar-refractivity contribution in [3.63, 3.8) is 0 Å². The Morgan fingerprint density at radius 1 is 1.42 bits per heavy atom. The molecular weight excluding hydrogens is 244 g/mol. The second-order valence-corrected chi connectivity index (χ2v) is 5.01. The highest BCUT2D eigenvalue weighted by Gasteiger charge is 2.09. The minimum absolute atomic E-state index is 0.102. The maximum atomic E-state index is 11.7. The summed E-state index contributed by atoms with van der Waals surface area (Å²) in [6, 6.07) is -0.123. The van der Waals surface area contributed by atoms with Gasteiger partial charge in [0, 0.05) is 26.6 Å². The van der Waals surface area contributed by atoms with Crippen molar-refractivity contribution in [2.24, 2.45) is 0 Å². The molecule has 5 nitrogen and oxygen atoms in total. The van der Waals surface area contributed by atoms with Crippen LogP contribution in [0.4, 0.5) is 4.79 Å². The van der Waals surface area contributed by atoms with Crippen molar-refractivity contribution in [2.45, 2.75) is 44.9 Å². The van der Waals surface area contributed by atoms with Crippen molar-refractivity contribution < 1.29 is 14.7 Å². The van der Waals surface area contributed by atoms with Crippen LogP contribution in [0, 0.1) is 0 Å². The number of aliphatic carboxylic acids is 1. The van der Waals surface area contributed by atoms with Gasteiger partial charge in [-0.15, -0.1) is 0 Å². The molecule has 0 spiro atoms. The lowest BCUT2D eigenvalue weighted by molar-refractivity contribution is -0.137. The van der Waals surface area contributed by atoms with Gasteiger partial charge in [-0.05, 0) is 38.5 Å². The van der Waals surface area contributed by atoms with Gasteiger partial charge in [-0.1, -0.05) is 11.6 Å². The normalized spacial score (nSPS) is 14.7. The average molecular weight is 268 g/mol. The molecule has 2 amide bonds. The Bertz CT molecular complexity index is 340. The van der Waals surface area contributed by atoms with Gasteiger partial charge in [-0.25, -0.2) is 4.79 Å². The van der Waals surface area contributed by atoms with E-state index in [0.29, 0.717) is 19.5 Å². The molecular formula is C14H24N2O3. The predicted molar refractivity (Wildman–Crippen MR) is 74.1 cm³/mol. The van der Waals surface area contributed by atoms with Gasteiger partial charge in [0.25, 0.3) is 0 Å². The van der Waals surface area contributed by atoms with E-state index in [0.717, 1.165) is 12.8 Å². The van der Waals surface area contributed by atoms with Gasteiger partial charge < -0.3 is 15.3 Å². The standard InChI is InChI=1S/C14H24N2O3/c1-16(11-5-8-13(17)18)14(19)15-10-9-12-6-3-2-4-7-12/h6H,2-5,7-11H2,1H3,(H,15,19)(H,17,18). The molecule has 0 aromatic heterocycles. The minimum atomic E-state index is -0.821. The van der Waals surface area contributed by atoms with Gasteiger partial charge in [0.1, 0.15) is 0 Å². The number of nitrogens with one attached hydrogen (secondary N) is 1. The summed E-state index contributed by atoms with van der Waals surface area (Å²) in [6.45, 7) is 1.13. The lowest BCUT2D eigenvalue weighted by atomic mass is 9.97. The third kappa shape index (κ3) is 6.84. The summed E-state index contributed by atoms with van der Waals surface area (Å²) in [6.07, 6.45) is 8.66. The van der Waals surface area contributed by atoms with E-state index >= 15 is 0 Å². The highest BCUT2D eigenvalue weighted by molar-refractivity contribution is 5.73. The maximum absolute atomic E-state index is 11.7. The molecule has 19 heavy (non-hydrogen) atoms. The summed E-state index contributed by atoms with van der Waals surface area (Å²) >= 11 is 0. The number of carboxylic acid groups (broad SMARTS) is 1. The first-order chi connectivity index (χ1) is 9.09. The number of amides is 2. The molecule has 0 unspecified atom stereocenters. The number of carbonyl (C=O) groups is 2.